The number of allylic oxidation sites excluding steroid dienone is 1. The van der Waals surface area contributed by atoms with Crippen molar-refractivity contribution in [2.45, 2.75) is 55.7 Å². The molecule has 1 aliphatic heterocycles. The van der Waals surface area contributed by atoms with E-state index in [2.05, 4.69) is 78.8 Å². The molecule has 2 N–H and O–H groups in total. The zero-order chi connectivity index (χ0) is 24.0. The maximum Gasteiger partial charge on any atom is 0.166 e. The number of rotatable bonds is 7. The molecule has 8 heteroatoms. The van der Waals surface area contributed by atoms with Crippen LogP contribution in [0, 0.1) is 0 Å². The first-order valence-corrected chi connectivity index (χ1v) is 13.4. The van der Waals surface area contributed by atoms with Gasteiger partial charge in [-0.3, -0.25) is 0 Å². The summed E-state index contributed by atoms with van der Waals surface area (Å²) in [5, 5.41) is 7.34. The van der Waals surface area contributed by atoms with Crippen molar-refractivity contribution < 1.29 is 4.74 Å². The van der Waals surface area contributed by atoms with Crippen LogP contribution in [-0.4, -0.2) is 54.0 Å². The minimum absolute atomic E-state index is 0.197. The molecule has 4 rings (SSSR count). The van der Waals surface area contributed by atoms with E-state index in [1.165, 1.54) is 10.5 Å². The molecule has 2 heterocycles. The number of thiocarbonyl (C=S) groups is 1. The Labute approximate surface area is 213 Å². The summed E-state index contributed by atoms with van der Waals surface area (Å²) < 4.78 is 5.38. The molecule has 2 aromatic rings. The zero-order valence-electron chi connectivity index (χ0n) is 20.3. The fourth-order valence-corrected chi connectivity index (χ4v) is 5.64. The maximum absolute atomic E-state index is 5.58. The first-order valence-electron chi connectivity index (χ1n) is 12.1. The molecule has 1 aromatic heterocycles. The predicted molar refractivity (Wildman–Crippen MR) is 145 cm³/mol. The van der Waals surface area contributed by atoms with Crippen molar-refractivity contribution in [3.63, 3.8) is 0 Å². The molecule has 0 saturated carbocycles. The number of hydrogen-bond donors (Lipinski definition) is 2. The van der Waals surface area contributed by atoms with E-state index in [0.717, 1.165) is 74.6 Å². The fraction of sp³-hybridized carbons (Fsp3) is 0.500. The van der Waals surface area contributed by atoms with Gasteiger partial charge >= 0.3 is 0 Å². The number of nitrogens with one attached hydrogen (secondary N) is 2. The van der Waals surface area contributed by atoms with E-state index in [1.807, 2.05) is 11.8 Å². The predicted octanol–water partition coefficient (Wildman–Crippen LogP) is 4.76. The van der Waals surface area contributed by atoms with Crippen molar-refractivity contribution in [3.8, 4) is 0 Å². The molecular weight excluding hydrogens is 462 g/mol. The Morgan fingerprint density at radius 1 is 1.21 bits per heavy atom. The van der Waals surface area contributed by atoms with Gasteiger partial charge in [0.2, 0.25) is 0 Å². The fourth-order valence-electron chi connectivity index (χ4n) is 4.24. The molecule has 1 fully saturated rings. The standard InChI is InChI=1S/C26H35N5OS2/c1-4-27-25(33)28-20-12-10-19(11-13-20)24-29-22(18-23(30-24)31-14-16-32-17-15-31)26(2,3)34-21-8-6-5-7-9-21/h5-10,18,20H,4,11-17H2,1-3H3,(H2,27,28,33). The summed E-state index contributed by atoms with van der Waals surface area (Å²) in [4.78, 5) is 13.7. The Morgan fingerprint density at radius 2 is 1.97 bits per heavy atom. The van der Waals surface area contributed by atoms with Crippen LogP contribution >= 0.6 is 24.0 Å². The number of anilines is 1. The Kier molecular flexibility index (Phi) is 8.45. The van der Waals surface area contributed by atoms with Crippen molar-refractivity contribution in [3.05, 3.63) is 54.0 Å². The second-order valence-electron chi connectivity index (χ2n) is 9.16. The lowest BCUT2D eigenvalue weighted by atomic mass is 9.94. The molecule has 182 valence electrons. The molecule has 34 heavy (non-hydrogen) atoms. The molecule has 0 radical (unpaired) electrons. The highest BCUT2D eigenvalue weighted by atomic mass is 32.2. The summed E-state index contributed by atoms with van der Waals surface area (Å²) in [6.45, 7) is 10.6. The first kappa shape index (κ1) is 24.9. The highest BCUT2D eigenvalue weighted by Crippen LogP contribution is 2.41. The van der Waals surface area contributed by atoms with Crippen LogP contribution in [0.1, 0.15) is 51.6 Å². The highest BCUT2D eigenvalue weighted by molar-refractivity contribution is 8.00. The monoisotopic (exact) mass is 497 g/mol. The van der Waals surface area contributed by atoms with Crippen molar-refractivity contribution in [1.29, 1.82) is 0 Å². The summed E-state index contributed by atoms with van der Waals surface area (Å²) >= 11 is 7.21. The average molecular weight is 498 g/mol. The Bertz CT molecular complexity index is 1010. The lowest BCUT2D eigenvalue weighted by Gasteiger charge is -2.31. The van der Waals surface area contributed by atoms with Crippen molar-refractivity contribution in [1.82, 2.24) is 20.6 Å². The van der Waals surface area contributed by atoms with Gasteiger partial charge in [-0.05, 0) is 70.0 Å². The largest absolute Gasteiger partial charge is 0.378 e. The van der Waals surface area contributed by atoms with Crippen LogP contribution in [0.3, 0.4) is 0 Å². The van der Waals surface area contributed by atoms with Crippen molar-refractivity contribution in [2.75, 3.05) is 37.7 Å². The molecule has 1 aliphatic carbocycles. The molecule has 6 nitrogen and oxygen atoms in total. The van der Waals surface area contributed by atoms with Gasteiger partial charge in [-0.1, -0.05) is 24.3 Å². The van der Waals surface area contributed by atoms with Crippen LogP contribution in [0.2, 0.25) is 0 Å². The third-order valence-corrected chi connectivity index (χ3v) is 7.64. The van der Waals surface area contributed by atoms with Crippen LogP contribution < -0.4 is 15.5 Å². The van der Waals surface area contributed by atoms with Gasteiger partial charge in [0.25, 0.3) is 0 Å². The average Bonchev–Trinajstić information content (AvgIpc) is 2.85. The summed E-state index contributed by atoms with van der Waals surface area (Å²) in [5.41, 5.74) is 2.28. The van der Waals surface area contributed by atoms with E-state index in [4.69, 9.17) is 26.9 Å². The summed E-state index contributed by atoms with van der Waals surface area (Å²) in [6.07, 6.45) is 5.16. The van der Waals surface area contributed by atoms with Crippen molar-refractivity contribution in [2.24, 2.45) is 0 Å². The van der Waals surface area contributed by atoms with Gasteiger partial charge in [-0.2, -0.15) is 0 Å². The number of hydrogen-bond acceptors (Lipinski definition) is 6. The molecule has 0 bridgehead atoms. The maximum atomic E-state index is 5.58. The van der Waals surface area contributed by atoms with Gasteiger partial charge in [-0.15, -0.1) is 11.8 Å². The molecule has 0 spiro atoms. The molecule has 2 aliphatic rings. The van der Waals surface area contributed by atoms with Gasteiger partial charge in [0.1, 0.15) is 5.82 Å². The molecular formula is C26H35N5OS2. The molecule has 1 aromatic carbocycles. The van der Waals surface area contributed by atoms with Gasteiger partial charge in [-0.25, -0.2) is 9.97 Å². The lowest BCUT2D eigenvalue weighted by Crippen LogP contribution is -2.42. The van der Waals surface area contributed by atoms with Gasteiger partial charge in [0, 0.05) is 36.6 Å². The van der Waals surface area contributed by atoms with Gasteiger partial charge < -0.3 is 20.3 Å². The smallest absolute Gasteiger partial charge is 0.166 e. The zero-order valence-corrected chi connectivity index (χ0v) is 22.0. The Hall–Kier alpha value is -2.16. The van der Waals surface area contributed by atoms with Gasteiger partial charge in [0.15, 0.2) is 10.9 Å². The van der Waals surface area contributed by atoms with E-state index in [0.29, 0.717) is 6.04 Å². The number of thioether (sulfide) groups is 1. The van der Waals surface area contributed by atoms with Crippen molar-refractivity contribution >= 4 is 40.5 Å². The van der Waals surface area contributed by atoms with Crippen LogP contribution in [0.5, 0.6) is 0 Å². The topological polar surface area (TPSA) is 62.3 Å². The Morgan fingerprint density at radius 3 is 2.65 bits per heavy atom. The third-order valence-electron chi connectivity index (χ3n) is 6.15. The minimum Gasteiger partial charge on any atom is -0.378 e. The number of ether oxygens (including phenoxy) is 1. The van der Waals surface area contributed by atoms with Crippen LogP contribution in [0.25, 0.3) is 5.57 Å². The second-order valence-corrected chi connectivity index (χ2v) is 11.3. The quantitative estimate of drug-likeness (QED) is 0.419. The molecule has 0 amide bonds. The van der Waals surface area contributed by atoms with E-state index >= 15 is 0 Å². The van der Waals surface area contributed by atoms with E-state index in [1.54, 1.807) is 0 Å². The Balaban J connectivity index is 1.60. The second kappa shape index (κ2) is 11.5. The van der Waals surface area contributed by atoms with Crippen LogP contribution in [0.4, 0.5) is 5.82 Å². The number of aromatic nitrogens is 2. The molecule has 1 unspecified atom stereocenters. The van der Waals surface area contributed by atoms with Crippen LogP contribution in [0.15, 0.2) is 47.4 Å². The number of nitrogens with zero attached hydrogens (tertiary/aromatic N) is 3. The first-order chi connectivity index (χ1) is 16.4. The van der Waals surface area contributed by atoms with E-state index in [9.17, 15) is 0 Å². The number of benzene rings is 1. The highest BCUT2D eigenvalue weighted by Gasteiger charge is 2.28. The number of morpholine rings is 1. The summed E-state index contributed by atoms with van der Waals surface area (Å²) in [6, 6.07) is 13.1. The van der Waals surface area contributed by atoms with Crippen LogP contribution in [-0.2, 0) is 9.48 Å². The normalized spacial score (nSPS) is 18.9. The SMILES string of the molecule is CCNC(=S)NC1CC=C(c2nc(N3CCOCC3)cc(C(C)(C)Sc3ccccc3)n2)CC1. The summed E-state index contributed by atoms with van der Waals surface area (Å²) in [7, 11) is 0. The molecule has 1 atom stereocenters. The third kappa shape index (κ3) is 6.49. The van der Waals surface area contributed by atoms with E-state index in [-0.39, 0.29) is 4.75 Å². The van der Waals surface area contributed by atoms with E-state index < -0.39 is 0 Å². The summed E-state index contributed by atoms with van der Waals surface area (Å²) in [5.74, 6) is 1.85. The van der Waals surface area contributed by atoms with Gasteiger partial charge in [0.05, 0.1) is 23.7 Å². The lowest BCUT2D eigenvalue weighted by molar-refractivity contribution is 0.122. The molecule has 1 saturated heterocycles. The minimum atomic E-state index is -0.197.